The average Bonchev–Trinajstić information content (AvgIpc) is 2.55. The zero-order chi connectivity index (χ0) is 16.9. The number of aliphatic hydroxyl groups is 1. The van der Waals surface area contributed by atoms with Crippen LogP contribution in [0.4, 0.5) is 0 Å². The molecule has 1 heterocycles. The van der Waals surface area contributed by atoms with Crippen molar-refractivity contribution in [3.8, 4) is 5.75 Å². The smallest absolute Gasteiger partial charge is 0.313 e. The standard InChI is InChI=1S/C18H25NO4/c1-3-4-9-19-10-8-16(20)18(13-19,17(21)22)12-14-6-5-7-15(11-14)23-2/h3,5-7,11,16,20H,1,4,8-10,12-13H2,2H3,(H,21,22)/t16-,18-/m1/s1. The number of methoxy groups -OCH3 is 1. The number of likely N-dealkylation sites (tertiary alicyclic amines) is 1. The van der Waals surface area contributed by atoms with E-state index in [9.17, 15) is 15.0 Å². The van der Waals surface area contributed by atoms with Crippen LogP contribution in [0.15, 0.2) is 36.9 Å². The minimum absolute atomic E-state index is 0.283. The molecular weight excluding hydrogens is 294 g/mol. The Morgan fingerprint density at radius 2 is 2.35 bits per heavy atom. The number of carboxylic acid groups (broad SMARTS) is 1. The highest BCUT2D eigenvalue weighted by atomic mass is 16.5. The van der Waals surface area contributed by atoms with Gasteiger partial charge in [-0.2, -0.15) is 0 Å². The summed E-state index contributed by atoms with van der Waals surface area (Å²) < 4.78 is 5.21. The van der Waals surface area contributed by atoms with Crippen LogP contribution < -0.4 is 4.74 Å². The van der Waals surface area contributed by atoms with Crippen molar-refractivity contribution in [2.75, 3.05) is 26.7 Å². The fraction of sp³-hybridized carbons (Fsp3) is 0.500. The third-order valence-electron chi connectivity index (χ3n) is 4.59. The monoisotopic (exact) mass is 319 g/mol. The van der Waals surface area contributed by atoms with Crippen molar-refractivity contribution < 1.29 is 19.7 Å². The molecule has 1 aliphatic heterocycles. The molecule has 0 bridgehead atoms. The number of ether oxygens (including phenoxy) is 1. The summed E-state index contributed by atoms with van der Waals surface area (Å²) in [6.45, 7) is 5.53. The minimum Gasteiger partial charge on any atom is -0.497 e. The second-order valence-corrected chi connectivity index (χ2v) is 6.15. The maximum absolute atomic E-state index is 12.0. The van der Waals surface area contributed by atoms with Gasteiger partial charge in [-0.15, -0.1) is 6.58 Å². The lowest BCUT2D eigenvalue weighted by Gasteiger charge is -2.43. The summed E-state index contributed by atoms with van der Waals surface area (Å²) in [7, 11) is 1.58. The summed E-state index contributed by atoms with van der Waals surface area (Å²) in [4.78, 5) is 14.1. The lowest BCUT2D eigenvalue weighted by Crippen LogP contribution is -2.57. The summed E-state index contributed by atoms with van der Waals surface area (Å²) in [5.74, 6) is -0.257. The van der Waals surface area contributed by atoms with E-state index < -0.39 is 17.5 Å². The van der Waals surface area contributed by atoms with E-state index in [0.29, 0.717) is 25.3 Å². The summed E-state index contributed by atoms with van der Waals surface area (Å²) in [5.41, 5.74) is -0.331. The molecule has 2 atom stereocenters. The van der Waals surface area contributed by atoms with Gasteiger partial charge in [0.2, 0.25) is 0 Å². The zero-order valence-electron chi connectivity index (χ0n) is 13.6. The van der Waals surface area contributed by atoms with Crippen molar-refractivity contribution in [2.45, 2.75) is 25.4 Å². The largest absolute Gasteiger partial charge is 0.497 e. The van der Waals surface area contributed by atoms with Gasteiger partial charge in [-0.3, -0.25) is 4.79 Å². The predicted octanol–water partition coefficient (Wildman–Crippen LogP) is 1.95. The van der Waals surface area contributed by atoms with Crippen LogP contribution in [0.2, 0.25) is 0 Å². The van der Waals surface area contributed by atoms with E-state index in [1.54, 1.807) is 7.11 Å². The number of aliphatic carboxylic acids is 1. The molecule has 1 aliphatic rings. The van der Waals surface area contributed by atoms with Gasteiger partial charge in [0, 0.05) is 19.6 Å². The number of benzene rings is 1. The molecule has 5 nitrogen and oxygen atoms in total. The van der Waals surface area contributed by atoms with Crippen molar-refractivity contribution >= 4 is 5.97 Å². The van der Waals surface area contributed by atoms with Crippen LogP contribution >= 0.6 is 0 Å². The molecule has 5 heteroatoms. The van der Waals surface area contributed by atoms with E-state index in [1.165, 1.54) is 0 Å². The highest BCUT2D eigenvalue weighted by Gasteiger charge is 2.49. The zero-order valence-corrected chi connectivity index (χ0v) is 13.6. The first-order chi connectivity index (χ1) is 11.0. The van der Waals surface area contributed by atoms with Crippen LogP contribution in [0.25, 0.3) is 0 Å². The fourth-order valence-electron chi connectivity index (χ4n) is 3.24. The number of hydrogen-bond donors (Lipinski definition) is 2. The average molecular weight is 319 g/mol. The molecule has 0 radical (unpaired) electrons. The molecule has 1 aromatic rings. The molecule has 1 saturated heterocycles. The van der Waals surface area contributed by atoms with Crippen LogP contribution in [-0.4, -0.2) is 53.9 Å². The Morgan fingerprint density at radius 1 is 1.57 bits per heavy atom. The number of nitrogens with zero attached hydrogens (tertiary/aromatic N) is 1. The molecule has 126 valence electrons. The van der Waals surface area contributed by atoms with Gasteiger partial charge in [-0.1, -0.05) is 18.2 Å². The van der Waals surface area contributed by atoms with E-state index in [4.69, 9.17) is 4.74 Å². The fourth-order valence-corrected chi connectivity index (χ4v) is 3.24. The van der Waals surface area contributed by atoms with Crippen LogP contribution in [0.5, 0.6) is 5.75 Å². The number of carbonyl (C=O) groups is 1. The third-order valence-corrected chi connectivity index (χ3v) is 4.59. The molecule has 23 heavy (non-hydrogen) atoms. The molecular formula is C18H25NO4. The van der Waals surface area contributed by atoms with Gasteiger partial charge in [0.25, 0.3) is 0 Å². The molecule has 0 aromatic heterocycles. The highest BCUT2D eigenvalue weighted by molar-refractivity contribution is 5.76. The summed E-state index contributed by atoms with van der Waals surface area (Å²) >= 11 is 0. The molecule has 0 saturated carbocycles. The maximum Gasteiger partial charge on any atom is 0.313 e. The van der Waals surface area contributed by atoms with Gasteiger partial charge in [0.15, 0.2) is 0 Å². The van der Waals surface area contributed by atoms with Gasteiger partial charge in [-0.25, -0.2) is 0 Å². The van der Waals surface area contributed by atoms with Crippen molar-refractivity contribution in [1.82, 2.24) is 4.90 Å². The van der Waals surface area contributed by atoms with Crippen molar-refractivity contribution in [1.29, 1.82) is 0 Å². The van der Waals surface area contributed by atoms with E-state index in [-0.39, 0.29) is 6.42 Å². The molecule has 2 rings (SSSR count). The molecule has 0 spiro atoms. The van der Waals surface area contributed by atoms with Crippen LogP contribution in [-0.2, 0) is 11.2 Å². The number of carboxylic acids is 1. The molecule has 0 aliphatic carbocycles. The maximum atomic E-state index is 12.0. The number of hydrogen-bond acceptors (Lipinski definition) is 4. The molecule has 1 aromatic carbocycles. The quantitative estimate of drug-likeness (QED) is 0.752. The SMILES string of the molecule is C=CCCN1CC[C@@H](O)[C@](Cc2cccc(OC)c2)(C(=O)O)C1. The first-order valence-electron chi connectivity index (χ1n) is 7.89. The molecule has 0 unspecified atom stereocenters. The Labute approximate surface area is 137 Å². The summed E-state index contributed by atoms with van der Waals surface area (Å²) in [6.07, 6.45) is 2.53. The molecule has 1 fully saturated rings. The first kappa shape index (κ1) is 17.5. The van der Waals surface area contributed by atoms with Crippen LogP contribution in [0.1, 0.15) is 18.4 Å². The van der Waals surface area contributed by atoms with E-state index in [1.807, 2.05) is 30.3 Å². The van der Waals surface area contributed by atoms with Gasteiger partial charge in [0.1, 0.15) is 11.2 Å². The number of rotatable bonds is 7. The van der Waals surface area contributed by atoms with Gasteiger partial charge < -0.3 is 19.8 Å². The van der Waals surface area contributed by atoms with Crippen molar-refractivity contribution in [3.63, 3.8) is 0 Å². The Bertz CT molecular complexity index is 560. The van der Waals surface area contributed by atoms with E-state index in [2.05, 4.69) is 11.5 Å². The Morgan fingerprint density at radius 3 is 3.00 bits per heavy atom. The minimum atomic E-state index is -1.19. The number of aliphatic hydroxyl groups excluding tert-OH is 1. The van der Waals surface area contributed by atoms with Crippen molar-refractivity contribution in [3.05, 3.63) is 42.5 Å². The highest BCUT2D eigenvalue weighted by Crippen LogP contribution is 2.35. The Hall–Kier alpha value is -1.85. The Kier molecular flexibility index (Phi) is 5.80. The summed E-state index contributed by atoms with van der Waals surface area (Å²) in [5, 5.41) is 20.3. The molecule has 2 N–H and O–H groups in total. The van der Waals surface area contributed by atoms with E-state index >= 15 is 0 Å². The lowest BCUT2D eigenvalue weighted by molar-refractivity contribution is -0.163. The van der Waals surface area contributed by atoms with Crippen LogP contribution in [0.3, 0.4) is 0 Å². The third kappa shape index (κ3) is 3.92. The van der Waals surface area contributed by atoms with Gasteiger partial charge in [0.05, 0.1) is 13.2 Å². The van der Waals surface area contributed by atoms with E-state index in [0.717, 1.165) is 18.5 Å². The molecule has 0 amide bonds. The second-order valence-electron chi connectivity index (χ2n) is 6.15. The lowest BCUT2D eigenvalue weighted by atomic mass is 9.72. The Balaban J connectivity index is 2.25. The second kappa shape index (κ2) is 7.62. The summed E-state index contributed by atoms with van der Waals surface area (Å²) in [6, 6.07) is 7.38. The van der Waals surface area contributed by atoms with Crippen LogP contribution in [0, 0.1) is 5.41 Å². The number of piperidine rings is 1. The first-order valence-corrected chi connectivity index (χ1v) is 7.89. The topological polar surface area (TPSA) is 70.0 Å². The van der Waals surface area contributed by atoms with Gasteiger partial charge >= 0.3 is 5.97 Å². The van der Waals surface area contributed by atoms with Crippen molar-refractivity contribution in [2.24, 2.45) is 5.41 Å². The van der Waals surface area contributed by atoms with Gasteiger partial charge in [-0.05, 0) is 37.0 Å². The normalized spacial score (nSPS) is 25.0. The predicted molar refractivity (Wildman–Crippen MR) is 88.6 cm³/mol.